The molecule has 0 radical (unpaired) electrons. The lowest BCUT2D eigenvalue weighted by molar-refractivity contribution is -0.172. The molecule has 1 fully saturated rings. The van der Waals surface area contributed by atoms with Gasteiger partial charge < -0.3 is 25.8 Å². The van der Waals surface area contributed by atoms with E-state index in [0.29, 0.717) is 0 Å². The van der Waals surface area contributed by atoms with Crippen LogP contribution < -0.4 is 5.73 Å². The molecule has 1 aliphatic rings. The summed E-state index contributed by atoms with van der Waals surface area (Å²) in [4.78, 5) is 37.5. The number of aliphatic imine (C=N–C) groups is 1. The van der Waals surface area contributed by atoms with Gasteiger partial charge in [0.15, 0.2) is 11.5 Å². The fourth-order valence-electron chi connectivity index (χ4n) is 2.65. The number of imidazole rings is 1. The van der Waals surface area contributed by atoms with Crippen LogP contribution in [0.5, 0.6) is 0 Å². The van der Waals surface area contributed by atoms with Crippen LogP contribution >= 0.6 is 0 Å². The number of fused-ring (bicyclic) bond motifs is 1. The van der Waals surface area contributed by atoms with Crippen molar-refractivity contribution < 1.29 is 29.6 Å². The number of nitrogen functional groups attached to an aromatic ring is 1. The first kappa shape index (κ1) is 16.1. The number of isocyanates is 1. The molecule has 0 aromatic carbocycles. The Balaban J connectivity index is 2.28. The number of ether oxygens (including phenoxy) is 1. The lowest BCUT2D eigenvalue weighted by Crippen LogP contribution is -2.51. The molecule has 3 rings (SSSR count). The Labute approximate surface area is 133 Å². The Morgan fingerprint density at radius 2 is 2.21 bits per heavy atom. The van der Waals surface area contributed by atoms with Crippen LogP contribution in [-0.4, -0.2) is 71.7 Å². The largest absolute Gasteiger partial charge is 0.394 e. The van der Waals surface area contributed by atoms with Gasteiger partial charge in [0, 0.05) is 0 Å². The van der Waals surface area contributed by atoms with E-state index in [4.69, 9.17) is 10.5 Å². The van der Waals surface area contributed by atoms with E-state index in [1.807, 2.05) is 0 Å². The van der Waals surface area contributed by atoms with Crippen molar-refractivity contribution in [2.75, 3.05) is 12.3 Å². The summed E-state index contributed by atoms with van der Waals surface area (Å²) < 4.78 is 6.36. The predicted molar refractivity (Wildman–Crippen MR) is 74.8 cm³/mol. The predicted octanol–water partition coefficient (Wildman–Crippen LogP) is -2.96. The van der Waals surface area contributed by atoms with Crippen LogP contribution in [0, 0.1) is 0 Å². The zero-order valence-electron chi connectivity index (χ0n) is 12.0. The van der Waals surface area contributed by atoms with Gasteiger partial charge >= 0.3 is 5.91 Å². The second-order valence-electron chi connectivity index (χ2n) is 5.02. The van der Waals surface area contributed by atoms with E-state index >= 15 is 0 Å². The van der Waals surface area contributed by atoms with Gasteiger partial charge in [0.1, 0.15) is 36.5 Å². The standard InChI is InChI=1S/C12H12N6O6/c13-9-6-10(15-2-14-9)18(3-16-6)12(11(23)17-4-20)8(22)7(21)5(1-19)24-12/h2-3,5,7-8,19,21-22H,1H2,(H2,13,14,15)/t5-,7-,8-,12+/m1/s1. The van der Waals surface area contributed by atoms with Crippen LogP contribution in [0.15, 0.2) is 17.6 Å². The summed E-state index contributed by atoms with van der Waals surface area (Å²) in [5.74, 6) is -1.25. The molecule has 5 N–H and O–H groups in total. The van der Waals surface area contributed by atoms with Crippen LogP contribution in [0.1, 0.15) is 0 Å². The van der Waals surface area contributed by atoms with Gasteiger partial charge in [0.25, 0.3) is 5.72 Å². The Kier molecular flexibility index (Phi) is 3.83. The molecule has 1 saturated heterocycles. The van der Waals surface area contributed by atoms with E-state index in [1.165, 1.54) is 0 Å². The Hall–Kier alpha value is -2.76. The number of carbonyl (C=O) groups is 1. The number of hydrogen-bond donors (Lipinski definition) is 4. The number of aromatic nitrogens is 4. The highest BCUT2D eigenvalue weighted by Crippen LogP contribution is 2.38. The number of rotatable bonds is 3. The zero-order valence-corrected chi connectivity index (χ0v) is 12.0. The van der Waals surface area contributed by atoms with Crippen molar-refractivity contribution >= 4 is 29.0 Å². The maximum Gasteiger partial charge on any atom is 0.313 e. The average molecular weight is 336 g/mol. The van der Waals surface area contributed by atoms with Crippen LogP contribution in [0.4, 0.5) is 5.82 Å². The molecule has 0 spiro atoms. The first-order valence-corrected chi connectivity index (χ1v) is 6.68. The SMILES string of the molecule is Nc1ncnc2c1ncn2[C@]1(C(=O)N=C=O)O[C@H](CO)[C@@H](O)[C@H]1O. The molecule has 1 aliphatic heterocycles. The smallest absolute Gasteiger partial charge is 0.313 e. The summed E-state index contributed by atoms with van der Waals surface area (Å²) >= 11 is 0. The average Bonchev–Trinajstić information content (AvgIpc) is 3.10. The second-order valence-corrected chi connectivity index (χ2v) is 5.02. The molecule has 0 unspecified atom stereocenters. The Morgan fingerprint density at radius 3 is 2.83 bits per heavy atom. The first-order chi connectivity index (χ1) is 11.5. The highest BCUT2D eigenvalue weighted by Gasteiger charge is 2.61. The molecule has 4 atom stereocenters. The monoisotopic (exact) mass is 336 g/mol. The van der Waals surface area contributed by atoms with Crippen LogP contribution in [-0.2, 0) is 20.1 Å². The lowest BCUT2D eigenvalue weighted by Gasteiger charge is -2.29. The molecule has 1 amide bonds. The fraction of sp³-hybridized carbons (Fsp3) is 0.417. The molecule has 0 saturated carbocycles. The minimum absolute atomic E-state index is 0.00166. The van der Waals surface area contributed by atoms with E-state index in [2.05, 4.69) is 19.9 Å². The summed E-state index contributed by atoms with van der Waals surface area (Å²) in [5.41, 5.74) is 3.42. The maximum atomic E-state index is 12.4. The van der Waals surface area contributed by atoms with Gasteiger partial charge in [-0.3, -0.25) is 9.36 Å². The van der Waals surface area contributed by atoms with E-state index in [9.17, 15) is 24.9 Å². The number of aliphatic hydroxyl groups excluding tert-OH is 3. The second kappa shape index (κ2) is 5.70. The lowest BCUT2D eigenvalue weighted by atomic mass is 10.0. The molecule has 0 aliphatic carbocycles. The minimum Gasteiger partial charge on any atom is -0.394 e. The molecule has 24 heavy (non-hydrogen) atoms. The summed E-state index contributed by atoms with van der Waals surface area (Å²) in [6.07, 6.45) is -1.57. The third-order valence-corrected chi connectivity index (χ3v) is 3.79. The highest BCUT2D eigenvalue weighted by molar-refractivity contribution is 5.91. The Bertz CT molecular complexity index is 848. The van der Waals surface area contributed by atoms with Crippen molar-refractivity contribution in [2.24, 2.45) is 4.99 Å². The minimum atomic E-state index is -2.36. The molecular formula is C12H12N6O6. The van der Waals surface area contributed by atoms with Gasteiger partial charge in [0.2, 0.25) is 6.08 Å². The summed E-state index contributed by atoms with van der Waals surface area (Å²) in [6, 6.07) is 0. The van der Waals surface area contributed by atoms with Crippen molar-refractivity contribution in [1.82, 2.24) is 19.5 Å². The fourth-order valence-corrected chi connectivity index (χ4v) is 2.65. The summed E-state index contributed by atoms with van der Waals surface area (Å²) in [7, 11) is 0. The first-order valence-electron chi connectivity index (χ1n) is 6.68. The van der Waals surface area contributed by atoms with E-state index in [0.717, 1.165) is 23.3 Å². The quantitative estimate of drug-likeness (QED) is 0.333. The number of amides is 1. The van der Waals surface area contributed by atoms with Crippen LogP contribution in [0.2, 0.25) is 0 Å². The molecule has 3 heterocycles. The number of carbonyl (C=O) groups excluding carboxylic acids is 2. The molecule has 2 aromatic heterocycles. The normalized spacial score (nSPS) is 29.5. The van der Waals surface area contributed by atoms with Gasteiger partial charge in [-0.05, 0) is 0 Å². The van der Waals surface area contributed by atoms with Gasteiger partial charge in [-0.1, -0.05) is 0 Å². The summed E-state index contributed by atoms with van der Waals surface area (Å²) in [5, 5.41) is 29.7. The Morgan fingerprint density at radius 1 is 1.46 bits per heavy atom. The van der Waals surface area contributed by atoms with Crippen LogP contribution in [0.3, 0.4) is 0 Å². The van der Waals surface area contributed by atoms with E-state index in [1.54, 1.807) is 0 Å². The van der Waals surface area contributed by atoms with Gasteiger partial charge in [-0.25, -0.2) is 19.7 Å². The van der Waals surface area contributed by atoms with Gasteiger partial charge in [0.05, 0.1) is 6.61 Å². The molecule has 126 valence electrons. The number of anilines is 1. The highest BCUT2D eigenvalue weighted by atomic mass is 16.6. The van der Waals surface area contributed by atoms with Crippen molar-refractivity contribution in [3.05, 3.63) is 12.7 Å². The molecule has 0 bridgehead atoms. The number of hydrogen-bond acceptors (Lipinski definition) is 10. The van der Waals surface area contributed by atoms with E-state index in [-0.39, 0.29) is 17.0 Å². The van der Waals surface area contributed by atoms with Gasteiger partial charge in [-0.2, -0.15) is 0 Å². The number of aliphatic hydroxyl groups is 3. The topological polar surface area (TPSA) is 186 Å². The van der Waals surface area contributed by atoms with Crippen molar-refractivity contribution in [3.63, 3.8) is 0 Å². The van der Waals surface area contributed by atoms with Crippen LogP contribution in [0.25, 0.3) is 11.2 Å². The molecule has 12 heteroatoms. The van der Waals surface area contributed by atoms with Crippen molar-refractivity contribution in [1.29, 1.82) is 0 Å². The molecule has 12 nitrogen and oxygen atoms in total. The zero-order chi connectivity index (χ0) is 17.5. The third kappa shape index (κ3) is 2.02. The number of nitrogens with zero attached hydrogens (tertiary/aromatic N) is 5. The summed E-state index contributed by atoms with van der Waals surface area (Å²) in [6.45, 7) is -0.693. The molecule has 2 aromatic rings. The maximum absolute atomic E-state index is 12.4. The van der Waals surface area contributed by atoms with E-state index < -0.39 is 36.6 Å². The number of nitrogens with two attached hydrogens (primary N) is 1. The van der Waals surface area contributed by atoms with Crippen molar-refractivity contribution in [3.8, 4) is 0 Å². The third-order valence-electron chi connectivity index (χ3n) is 3.79. The molecular weight excluding hydrogens is 324 g/mol. The van der Waals surface area contributed by atoms with Gasteiger partial charge in [-0.15, -0.1) is 4.99 Å². The van der Waals surface area contributed by atoms with Crippen molar-refractivity contribution in [2.45, 2.75) is 24.0 Å².